The zero-order valence-electron chi connectivity index (χ0n) is 7.42. The molecule has 13 heavy (non-hydrogen) atoms. The smallest absolute Gasteiger partial charge is 0.0829 e. The highest BCUT2D eigenvalue weighted by atomic mass is 35.5. The van der Waals surface area contributed by atoms with E-state index in [4.69, 9.17) is 11.6 Å². The quantitative estimate of drug-likeness (QED) is 0.670. The maximum atomic E-state index is 9.74. The van der Waals surface area contributed by atoms with Crippen LogP contribution in [0.4, 0.5) is 5.69 Å². The van der Waals surface area contributed by atoms with Gasteiger partial charge in [0.2, 0.25) is 0 Å². The van der Waals surface area contributed by atoms with Gasteiger partial charge in [0.25, 0.3) is 0 Å². The van der Waals surface area contributed by atoms with E-state index >= 15 is 0 Å². The molecule has 0 fully saturated rings. The van der Waals surface area contributed by atoms with Crippen molar-refractivity contribution in [1.82, 2.24) is 0 Å². The van der Waals surface area contributed by atoms with E-state index in [-0.39, 0.29) is 6.10 Å². The molecule has 0 saturated carbocycles. The van der Waals surface area contributed by atoms with E-state index in [0.717, 1.165) is 17.7 Å². The summed E-state index contributed by atoms with van der Waals surface area (Å²) in [5.74, 6) is 0. The van der Waals surface area contributed by atoms with Gasteiger partial charge in [-0.15, -0.1) is 0 Å². The number of nitrogens with one attached hydrogen (secondary N) is 1. The molecule has 0 bridgehead atoms. The van der Waals surface area contributed by atoms with Crippen molar-refractivity contribution in [2.24, 2.45) is 0 Å². The molecule has 0 amide bonds. The van der Waals surface area contributed by atoms with Gasteiger partial charge in [0.1, 0.15) is 0 Å². The van der Waals surface area contributed by atoms with Gasteiger partial charge < -0.3 is 10.4 Å². The van der Waals surface area contributed by atoms with Crippen LogP contribution in [0, 0.1) is 0 Å². The minimum absolute atomic E-state index is 0.306. The van der Waals surface area contributed by atoms with Crippen molar-refractivity contribution in [2.75, 3.05) is 5.32 Å². The molecule has 1 heterocycles. The Bertz CT molecular complexity index is 327. The van der Waals surface area contributed by atoms with Crippen molar-refractivity contribution >= 4 is 17.3 Å². The molecule has 0 saturated heterocycles. The van der Waals surface area contributed by atoms with Gasteiger partial charge in [-0.1, -0.05) is 17.7 Å². The van der Waals surface area contributed by atoms with Crippen molar-refractivity contribution in [1.29, 1.82) is 0 Å². The zero-order valence-corrected chi connectivity index (χ0v) is 8.17. The topological polar surface area (TPSA) is 32.3 Å². The van der Waals surface area contributed by atoms with Crippen molar-refractivity contribution in [3.05, 3.63) is 28.8 Å². The average molecular weight is 198 g/mol. The number of anilines is 1. The van der Waals surface area contributed by atoms with Crippen molar-refractivity contribution < 1.29 is 5.11 Å². The lowest BCUT2D eigenvalue weighted by Gasteiger charge is -2.28. The number of rotatable bonds is 0. The lowest BCUT2D eigenvalue weighted by molar-refractivity contribution is 0.158. The van der Waals surface area contributed by atoms with Crippen molar-refractivity contribution in [3.8, 4) is 0 Å². The van der Waals surface area contributed by atoms with Crippen LogP contribution in [0.5, 0.6) is 0 Å². The second kappa shape index (κ2) is 3.20. The van der Waals surface area contributed by atoms with Crippen LogP contribution >= 0.6 is 11.6 Å². The minimum Gasteiger partial charge on any atom is -0.388 e. The van der Waals surface area contributed by atoms with Crippen LogP contribution in [0.2, 0.25) is 5.02 Å². The first-order chi connectivity index (χ1) is 6.16. The van der Waals surface area contributed by atoms with E-state index in [1.54, 1.807) is 6.07 Å². The summed E-state index contributed by atoms with van der Waals surface area (Å²) in [6.07, 6.45) is 0.401. The molecule has 1 aliphatic rings. The van der Waals surface area contributed by atoms with Crippen LogP contribution in [0.15, 0.2) is 18.2 Å². The third kappa shape index (κ3) is 1.64. The Morgan fingerprint density at radius 1 is 1.54 bits per heavy atom. The Kier molecular flexibility index (Phi) is 2.18. The molecule has 1 aromatic rings. The monoisotopic (exact) mass is 197 g/mol. The molecule has 0 spiro atoms. The lowest BCUT2D eigenvalue weighted by Crippen LogP contribution is -2.25. The Balaban J connectivity index is 2.43. The molecule has 1 aromatic carbocycles. The lowest BCUT2D eigenvalue weighted by atomic mass is 9.96. The third-order valence-corrected chi connectivity index (χ3v) is 2.59. The summed E-state index contributed by atoms with van der Waals surface area (Å²) in [6.45, 7) is 2.05. The van der Waals surface area contributed by atoms with Gasteiger partial charge in [0.15, 0.2) is 0 Å². The molecule has 2 N–H and O–H groups in total. The van der Waals surface area contributed by atoms with E-state index in [2.05, 4.69) is 5.32 Å². The Morgan fingerprint density at radius 2 is 2.31 bits per heavy atom. The summed E-state index contributed by atoms with van der Waals surface area (Å²) in [4.78, 5) is 0. The summed E-state index contributed by atoms with van der Waals surface area (Å²) < 4.78 is 0. The van der Waals surface area contributed by atoms with Crippen molar-refractivity contribution in [3.63, 3.8) is 0 Å². The number of aliphatic hydroxyl groups is 1. The third-order valence-electron chi connectivity index (χ3n) is 2.35. The molecule has 2 rings (SSSR count). The number of benzene rings is 1. The van der Waals surface area contributed by atoms with E-state index in [9.17, 15) is 5.11 Å². The SMILES string of the molecule is CC1CC(O)c2ccc(Cl)cc2N1. The van der Waals surface area contributed by atoms with E-state index in [1.165, 1.54) is 0 Å². The van der Waals surface area contributed by atoms with Crippen LogP contribution in [0.3, 0.4) is 0 Å². The maximum absolute atomic E-state index is 9.74. The standard InChI is InChI=1S/C10H12ClNO/c1-6-4-10(13)8-3-2-7(11)5-9(8)12-6/h2-3,5-6,10,12-13H,4H2,1H3. The van der Waals surface area contributed by atoms with Gasteiger partial charge in [0, 0.05) is 22.3 Å². The van der Waals surface area contributed by atoms with Crippen LogP contribution in [-0.4, -0.2) is 11.1 Å². The molecule has 70 valence electrons. The van der Waals surface area contributed by atoms with Gasteiger partial charge in [-0.05, 0) is 25.5 Å². The largest absolute Gasteiger partial charge is 0.388 e. The highest BCUT2D eigenvalue weighted by Crippen LogP contribution is 2.33. The highest BCUT2D eigenvalue weighted by Gasteiger charge is 2.21. The fraction of sp³-hybridized carbons (Fsp3) is 0.400. The maximum Gasteiger partial charge on any atom is 0.0829 e. The first-order valence-corrected chi connectivity index (χ1v) is 4.78. The number of hydrogen-bond donors (Lipinski definition) is 2. The van der Waals surface area contributed by atoms with Gasteiger partial charge >= 0.3 is 0 Å². The Labute approximate surface area is 82.5 Å². The van der Waals surface area contributed by atoms with E-state index in [1.807, 2.05) is 19.1 Å². The molecule has 0 radical (unpaired) electrons. The molecule has 2 nitrogen and oxygen atoms in total. The summed E-state index contributed by atoms with van der Waals surface area (Å²) in [7, 11) is 0. The zero-order chi connectivity index (χ0) is 9.42. The predicted molar refractivity (Wildman–Crippen MR) is 54.1 cm³/mol. The first kappa shape index (κ1) is 8.85. The number of aliphatic hydroxyl groups excluding tert-OH is 1. The van der Waals surface area contributed by atoms with Gasteiger partial charge in [-0.25, -0.2) is 0 Å². The fourth-order valence-corrected chi connectivity index (χ4v) is 1.90. The second-order valence-electron chi connectivity index (χ2n) is 3.53. The molecule has 3 heteroatoms. The van der Waals surface area contributed by atoms with E-state index < -0.39 is 0 Å². The molecule has 0 aliphatic carbocycles. The number of fused-ring (bicyclic) bond motifs is 1. The second-order valence-corrected chi connectivity index (χ2v) is 3.96. The highest BCUT2D eigenvalue weighted by molar-refractivity contribution is 6.30. The summed E-state index contributed by atoms with van der Waals surface area (Å²) in [5.41, 5.74) is 1.90. The molecule has 2 unspecified atom stereocenters. The van der Waals surface area contributed by atoms with Crippen LogP contribution in [-0.2, 0) is 0 Å². The number of hydrogen-bond acceptors (Lipinski definition) is 2. The average Bonchev–Trinajstić information content (AvgIpc) is 2.02. The first-order valence-electron chi connectivity index (χ1n) is 4.41. The normalized spacial score (nSPS) is 26.4. The molecule has 1 aliphatic heterocycles. The summed E-state index contributed by atoms with van der Waals surface area (Å²) in [6, 6.07) is 5.85. The Morgan fingerprint density at radius 3 is 3.08 bits per heavy atom. The molecular formula is C10H12ClNO. The summed E-state index contributed by atoms with van der Waals surface area (Å²) in [5, 5.41) is 13.7. The van der Waals surface area contributed by atoms with Gasteiger partial charge in [-0.3, -0.25) is 0 Å². The molecule has 0 aromatic heterocycles. The van der Waals surface area contributed by atoms with Gasteiger partial charge in [-0.2, -0.15) is 0 Å². The minimum atomic E-state index is -0.358. The molecular weight excluding hydrogens is 186 g/mol. The van der Waals surface area contributed by atoms with Crippen molar-refractivity contribution in [2.45, 2.75) is 25.5 Å². The van der Waals surface area contributed by atoms with Crippen LogP contribution in [0.25, 0.3) is 0 Å². The summed E-state index contributed by atoms with van der Waals surface area (Å²) >= 11 is 5.85. The van der Waals surface area contributed by atoms with Gasteiger partial charge in [0.05, 0.1) is 6.10 Å². The predicted octanol–water partition coefficient (Wildman–Crippen LogP) is 2.58. The fourth-order valence-electron chi connectivity index (χ4n) is 1.73. The van der Waals surface area contributed by atoms with Crippen LogP contribution in [0.1, 0.15) is 25.0 Å². The van der Waals surface area contributed by atoms with E-state index in [0.29, 0.717) is 11.1 Å². The number of halogens is 1. The van der Waals surface area contributed by atoms with Crippen LogP contribution < -0.4 is 5.32 Å². The Hall–Kier alpha value is -0.730. The molecule has 2 atom stereocenters.